The summed E-state index contributed by atoms with van der Waals surface area (Å²) in [6.45, 7) is 6.68. The van der Waals surface area contributed by atoms with Gasteiger partial charge >= 0.3 is 12.1 Å². The van der Waals surface area contributed by atoms with Crippen molar-refractivity contribution in [2.45, 2.75) is 38.7 Å². The molecule has 0 heterocycles. The summed E-state index contributed by atoms with van der Waals surface area (Å²) in [6, 6.07) is 16.3. The Morgan fingerprint density at radius 3 is 2.07 bits per heavy atom. The molecule has 6 nitrogen and oxygen atoms in total. The minimum absolute atomic E-state index is 0.0338. The van der Waals surface area contributed by atoms with Crippen LogP contribution < -0.4 is 0 Å². The van der Waals surface area contributed by atoms with Gasteiger partial charge < -0.3 is 19.5 Å². The minimum Gasteiger partial charge on any atom is -0.481 e. The van der Waals surface area contributed by atoms with E-state index in [4.69, 9.17) is 14.6 Å². The average molecular weight is 411 g/mol. The molecule has 0 saturated carbocycles. The largest absolute Gasteiger partial charge is 0.481 e. The Balaban J connectivity index is 1.67. The zero-order valence-electron chi connectivity index (χ0n) is 17.8. The van der Waals surface area contributed by atoms with E-state index < -0.39 is 12.1 Å². The number of carboxylic acids is 1. The molecule has 0 aromatic heterocycles. The van der Waals surface area contributed by atoms with Gasteiger partial charge in [0.05, 0.1) is 18.6 Å². The Morgan fingerprint density at radius 1 is 0.967 bits per heavy atom. The molecule has 30 heavy (non-hydrogen) atoms. The molecule has 3 rings (SSSR count). The van der Waals surface area contributed by atoms with E-state index in [0.717, 1.165) is 22.3 Å². The maximum Gasteiger partial charge on any atom is 0.409 e. The maximum absolute atomic E-state index is 12.7. The van der Waals surface area contributed by atoms with Gasteiger partial charge in [0, 0.05) is 19.0 Å². The van der Waals surface area contributed by atoms with E-state index in [0.29, 0.717) is 6.61 Å². The van der Waals surface area contributed by atoms with Gasteiger partial charge in [0.2, 0.25) is 0 Å². The molecule has 1 N–H and O–H groups in total. The molecule has 1 aliphatic rings. The number of benzene rings is 2. The number of hydrogen-bond acceptors (Lipinski definition) is 4. The van der Waals surface area contributed by atoms with Crippen LogP contribution in [0.4, 0.5) is 4.79 Å². The molecule has 6 heteroatoms. The molecule has 2 aromatic rings. The van der Waals surface area contributed by atoms with Crippen molar-refractivity contribution in [3.8, 4) is 11.1 Å². The van der Waals surface area contributed by atoms with Crippen LogP contribution in [-0.4, -0.2) is 54.0 Å². The summed E-state index contributed by atoms with van der Waals surface area (Å²) in [7, 11) is 0. The fraction of sp³-hybridized carbons (Fsp3) is 0.417. The van der Waals surface area contributed by atoms with Crippen LogP contribution in [0.2, 0.25) is 0 Å². The molecule has 0 saturated heterocycles. The summed E-state index contributed by atoms with van der Waals surface area (Å²) in [6.07, 6.45) is -0.657. The van der Waals surface area contributed by atoms with Crippen LogP contribution in [0.15, 0.2) is 48.5 Å². The van der Waals surface area contributed by atoms with Crippen molar-refractivity contribution >= 4 is 12.1 Å². The number of rotatable bonds is 8. The van der Waals surface area contributed by atoms with Crippen molar-refractivity contribution in [1.29, 1.82) is 0 Å². The van der Waals surface area contributed by atoms with Gasteiger partial charge in [0.25, 0.3) is 0 Å². The number of aliphatic carboxylic acids is 1. The lowest BCUT2D eigenvalue weighted by molar-refractivity contribution is -0.137. The van der Waals surface area contributed by atoms with Gasteiger partial charge in [-0.15, -0.1) is 0 Å². The number of carboxylic acid groups (broad SMARTS) is 1. The van der Waals surface area contributed by atoms with E-state index in [-0.39, 0.29) is 37.6 Å². The van der Waals surface area contributed by atoms with E-state index in [1.54, 1.807) is 0 Å². The second kappa shape index (κ2) is 9.30. The van der Waals surface area contributed by atoms with Crippen LogP contribution in [-0.2, 0) is 14.3 Å². The molecule has 1 aliphatic carbocycles. The number of amides is 1. The van der Waals surface area contributed by atoms with E-state index in [1.807, 2.05) is 45.0 Å². The summed E-state index contributed by atoms with van der Waals surface area (Å²) in [4.78, 5) is 25.1. The van der Waals surface area contributed by atoms with Crippen LogP contribution in [0, 0.1) is 0 Å². The molecule has 0 fully saturated rings. The third kappa shape index (κ3) is 5.39. The number of carbonyl (C=O) groups is 2. The predicted molar refractivity (Wildman–Crippen MR) is 115 cm³/mol. The number of fused-ring (bicyclic) bond motifs is 3. The van der Waals surface area contributed by atoms with Crippen molar-refractivity contribution in [3.63, 3.8) is 0 Å². The molecule has 0 atom stereocenters. The van der Waals surface area contributed by atoms with Gasteiger partial charge in [-0.05, 0) is 43.0 Å². The standard InChI is InChI=1S/C24H29NO5/c1-24(2,3)30-15-14-25(13-12-22(26)27)23(28)29-16-21-19-10-6-4-8-17(19)18-9-5-7-11-20(18)21/h4-11,21H,12-16H2,1-3H3,(H,26,27). The van der Waals surface area contributed by atoms with Crippen molar-refractivity contribution in [3.05, 3.63) is 59.7 Å². The first-order valence-electron chi connectivity index (χ1n) is 10.2. The number of ether oxygens (including phenoxy) is 2. The highest BCUT2D eigenvalue weighted by molar-refractivity contribution is 5.79. The van der Waals surface area contributed by atoms with Crippen molar-refractivity contribution < 1.29 is 24.2 Å². The molecule has 1 amide bonds. The summed E-state index contributed by atoms with van der Waals surface area (Å²) >= 11 is 0. The summed E-state index contributed by atoms with van der Waals surface area (Å²) < 4.78 is 11.3. The Bertz CT molecular complexity index is 857. The lowest BCUT2D eigenvalue weighted by Crippen LogP contribution is -2.38. The van der Waals surface area contributed by atoms with Gasteiger partial charge in [0.1, 0.15) is 6.61 Å². The Kier molecular flexibility index (Phi) is 6.77. The monoisotopic (exact) mass is 411 g/mol. The van der Waals surface area contributed by atoms with E-state index in [9.17, 15) is 9.59 Å². The molecule has 0 spiro atoms. The lowest BCUT2D eigenvalue weighted by Gasteiger charge is -2.25. The number of carbonyl (C=O) groups excluding carboxylic acids is 1. The van der Waals surface area contributed by atoms with Crippen LogP contribution in [0.1, 0.15) is 44.2 Å². The molecule has 160 valence electrons. The van der Waals surface area contributed by atoms with E-state index in [1.165, 1.54) is 4.90 Å². The molecule has 0 radical (unpaired) electrons. The van der Waals surface area contributed by atoms with Crippen LogP contribution in [0.3, 0.4) is 0 Å². The fourth-order valence-electron chi connectivity index (χ4n) is 3.67. The topological polar surface area (TPSA) is 76.1 Å². The van der Waals surface area contributed by atoms with Gasteiger partial charge in [0.15, 0.2) is 0 Å². The van der Waals surface area contributed by atoms with E-state index in [2.05, 4.69) is 24.3 Å². The third-order valence-corrected chi connectivity index (χ3v) is 5.09. The Hall–Kier alpha value is -2.86. The SMILES string of the molecule is CC(C)(C)OCCN(CCC(=O)O)C(=O)OCC1c2ccccc2-c2ccccc21. The van der Waals surface area contributed by atoms with Crippen LogP contribution in [0.25, 0.3) is 11.1 Å². The maximum atomic E-state index is 12.7. The molecule has 0 aliphatic heterocycles. The molecular weight excluding hydrogens is 382 g/mol. The minimum atomic E-state index is -0.955. The van der Waals surface area contributed by atoms with Crippen molar-refractivity contribution in [2.24, 2.45) is 0 Å². The number of nitrogens with zero attached hydrogens (tertiary/aromatic N) is 1. The first-order chi connectivity index (χ1) is 14.3. The third-order valence-electron chi connectivity index (χ3n) is 5.09. The predicted octanol–water partition coefficient (Wildman–Crippen LogP) is 4.53. The molecular formula is C24H29NO5. The first-order valence-corrected chi connectivity index (χ1v) is 10.2. The molecule has 2 aromatic carbocycles. The summed E-state index contributed by atoms with van der Waals surface area (Å²) in [5, 5.41) is 9.01. The van der Waals surface area contributed by atoms with Crippen molar-refractivity contribution in [2.75, 3.05) is 26.3 Å². The number of hydrogen-bond donors (Lipinski definition) is 1. The Labute approximate surface area is 177 Å². The van der Waals surface area contributed by atoms with Gasteiger partial charge in [-0.25, -0.2) is 4.79 Å². The van der Waals surface area contributed by atoms with E-state index >= 15 is 0 Å². The lowest BCUT2D eigenvalue weighted by atomic mass is 9.98. The Morgan fingerprint density at radius 2 is 1.53 bits per heavy atom. The smallest absolute Gasteiger partial charge is 0.409 e. The summed E-state index contributed by atoms with van der Waals surface area (Å²) in [5.74, 6) is -0.989. The van der Waals surface area contributed by atoms with Gasteiger partial charge in [-0.1, -0.05) is 48.5 Å². The second-order valence-corrected chi connectivity index (χ2v) is 8.40. The molecule has 0 bridgehead atoms. The first kappa shape index (κ1) is 21.8. The molecule has 0 unspecified atom stereocenters. The van der Waals surface area contributed by atoms with Gasteiger partial charge in [-0.2, -0.15) is 0 Å². The fourth-order valence-corrected chi connectivity index (χ4v) is 3.67. The zero-order valence-corrected chi connectivity index (χ0v) is 17.8. The zero-order chi connectivity index (χ0) is 21.7. The van der Waals surface area contributed by atoms with Crippen LogP contribution in [0.5, 0.6) is 0 Å². The highest BCUT2D eigenvalue weighted by Gasteiger charge is 2.29. The average Bonchev–Trinajstić information content (AvgIpc) is 3.01. The quantitative estimate of drug-likeness (QED) is 0.691. The van der Waals surface area contributed by atoms with Crippen molar-refractivity contribution in [1.82, 2.24) is 4.90 Å². The summed E-state index contributed by atoms with van der Waals surface area (Å²) in [5.41, 5.74) is 4.27. The second-order valence-electron chi connectivity index (χ2n) is 8.40. The van der Waals surface area contributed by atoms with Gasteiger partial charge in [-0.3, -0.25) is 4.79 Å². The highest BCUT2D eigenvalue weighted by atomic mass is 16.6. The normalized spacial score (nSPS) is 12.9. The van der Waals surface area contributed by atoms with Crippen LogP contribution >= 0.6 is 0 Å². The highest BCUT2D eigenvalue weighted by Crippen LogP contribution is 2.44.